The van der Waals surface area contributed by atoms with Crippen molar-refractivity contribution < 1.29 is 9.90 Å². The van der Waals surface area contributed by atoms with E-state index in [1.165, 1.54) is 0 Å². The number of carbonyl (C=O) groups is 1. The molecular formula is C10H13BrN2O2. The van der Waals surface area contributed by atoms with Crippen LogP contribution < -0.4 is 10.6 Å². The van der Waals surface area contributed by atoms with Crippen molar-refractivity contribution in [1.82, 2.24) is 10.6 Å². The van der Waals surface area contributed by atoms with Crippen molar-refractivity contribution in [3.8, 4) is 5.75 Å². The number of halogens is 1. The minimum Gasteiger partial charge on any atom is -0.508 e. The Morgan fingerprint density at radius 2 is 2.27 bits per heavy atom. The fraction of sp³-hybridized carbons (Fsp3) is 0.300. The third kappa shape index (κ3) is 3.89. The van der Waals surface area contributed by atoms with E-state index in [1.54, 1.807) is 25.2 Å². The maximum atomic E-state index is 10.9. The monoisotopic (exact) mass is 272 g/mol. The molecule has 0 saturated heterocycles. The normalized spacial score (nSPS) is 10.0. The quantitative estimate of drug-likeness (QED) is 0.766. The lowest BCUT2D eigenvalue weighted by atomic mass is 10.2. The van der Waals surface area contributed by atoms with Crippen molar-refractivity contribution in [3.63, 3.8) is 0 Å². The summed E-state index contributed by atoms with van der Waals surface area (Å²) in [5, 5.41) is 14.7. The van der Waals surface area contributed by atoms with Crippen molar-refractivity contribution in [2.75, 3.05) is 13.6 Å². The smallest absolute Gasteiger partial charge is 0.233 e. The molecule has 0 aliphatic heterocycles. The van der Waals surface area contributed by atoms with E-state index in [2.05, 4.69) is 26.6 Å². The summed E-state index contributed by atoms with van der Waals surface area (Å²) < 4.78 is 0.907. The summed E-state index contributed by atoms with van der Waals surface area (Å²) in [7, 11) is 1.59. The number of nitrogens with one attached hydrogen (secondary N) is 2. The molecule has 3 N–H and O–H groups in total. The SMILES string of the molecule is CNC(=O)CNCc1cc(O)ccc1Br. The molecule has 0 aliphatic carbocycles. The molecule has 0 aromatic heterocycles. The highest BCUT2D eigenvalue weighted by molar-refractivity contribution is 9.10. The van der Waals surface area contributed by atoms with Gasteiger partial charge in [-0.2, -0.15) is 0 Å². The largest absolute Gasteiger partial charge is 0.508 e. The van der Waals surface area contributed by atoms with E-state index >= 15 is 0 Å². The number of carbonyl (C=O) groups excluding carboxylic acids is 1. The molecule has 0 bridgehead atoms. The number of phenols is 1. The van der Waals surface area contributed by atoms with Gasteiger partial charge in [-0.3, -0.25) is 4.79 Å². The van der Waals surface area contributed by atoms with Gasteiger partial charge >= 0.3 is 0 Å². The Morgan fingerprint density at radius 3 is 2.93 bits per heavy atom. The van der Waals surface area contributed by atoms with E-state index in [4.69, 9.17) is 0 Å². The number of amides is 1. The van der Waals surface area contributed by atoms with Crippen LogP contribution in [0.15, 0.2) is 22.7 Å². The lowest BCUT2D eigenvalue weighted by Gasteiger charge is -2.06. The summed E-state index contributed by atoms with van der Waals surface area (Å²) in [4.78, 5) is 10.9. The summed E-state index contributed by atoms with van der Waals surface area (Å²) in [6.07, 6.45) is 0. The van der Waals surface area contributed by atoms with Gasteiger partial charge in [-0.15, -0.1) is 0 Å². The van der Waals surface area contributed by atoms with Crippen molar-refractivity contribution in [2.24, 2.45) is 0 Å². The second-order valence-corrected chi connectivity index (χ2v) is 3.91. The van der Waals surface area contributed by atoms with Crippen molar-refractivity contribution in [3.05, 3.63) is 28.2 Å². The zero-order valence-corrected chi connectivity index (χ0v) is 9.97. The lowest BCUT2D eigenvalue weighted by Crippen LogP contribution is -2.31. The molecule has 0 saturated carbocycles. The van der Waals surface area contributed by atoms with Crippen molar-refractivity contribution >= 4 is 21.8 Å². The molecule has 0 radical (unpaired) electrons. The topological polar surface area (TPSA) is 61.4 Å². The highest BCUT2D eigenvalue weighted by Crippen LogP contribution is 2.21. The molecule has 15 heavy (non-hydrogen) atoms. The number of aromatic hydroxyl groups is 1. The van der Waals surface area contributed by atoms with Crippen molar-refractivity contribution in [2.45, 2.75) is 6.54 Å². The van der Waals surface area contributed by atoms with Crippen LogP contribution in [-0.2, 0) is 11.3 Å². The van der Waals surface area contributed by atoms with Gasteiger partial charge in [-0.1, -0.05) is 15.9 Å². The van der Waals surface area contributed by atoms with Gasteiger partial charge in [0.15, 0.2) is 0 Å². The molecule has 0 fully saturated rings. The van der Waals surface area contributed by atoms with Crippen LogP contribution in [0.3, 0.4) is 0 Å². The second kappa shape index (κ2) is 5.72. The lowest BCUT2D eigenvalue weighted by molar-refractivity contribution is -0.119. The fourth-order valence-corrected chi connectivity index (χ4v) is 1.48. The average molecular weight is 273 g/mol. The summed E-state index contributed by atoms with van der Waals surface area (Å²) >= 11 is 3.36. The van der Waals surface area contributed by atoms with Gasteiger partial charge < -0.3 is 15.7 Å². The van der Waals surface area contributed by atoms with Crippen molar-refractivity contribution in [1.29, 1.82) is 0 Å². The Balaban J connectivity index is 2.50. The Labute approximate surface area is 96.8 Å². The maximum Gasteiger partial charge on any atom is 0.233 e. The summed E-state index contributed by atoms with van der Waals surface area (Å²) in [5.41, 5.74) is 0.916. The van der Waals surface area contributed by atoms with Crippen LogP contribution in [-0.4, -0.2) is 24.6 Å². The minimum absolute atomic E-state index is 0.0636. The highest BCUT2D eigenvalue weighted by atomic mass is 79.9. The summed E-state index contributed by atoms with van der Waals surface area (Å²) in [5.74, 6) is 0.154. The van der Waals surface area contributed by atoms with Crippen LogP contribution in [0.2, 0.25) is 0 Å². The number of rotatable bonds is 4. The molecule has 1 aromatic carbocycles. The van der Waals surface area contributed by atoms with E-state index in [0.29, 0.717) is 6.54 Å². The van der Waals surface area contributed by atoms with E-state index in [-0.39, 0.29) is 18.2 Å². The molecule has 4 nitrogen and oxygen atoms in total. The predicted octanol–water partition coefficient (Wildman–Crippen LogP) is 0.990. The van der Waals surface area contributed by atoms with E-state index in [0.717, 1.165) is 10.0 Å². The van der Waals surface area contributed by atoms with Crippen LogP contribution in [0, 0.1) is 0 Å². The third-order valence-electron chi connectivity index (χ3n) is 1.91. The van der Waals surface area contributed by atoms with Gasteiger partial charge in [-0.25, -0.2) is 0 Å². The molecule has 0 spiro atoms. The molecule has 1 rings (SSSR count). The molecular weight excluding hydrogens is 260 g/mol. The standard InChI is InChI=1S/C10H13BrN2O2/c1-12-10(15)6-13-5-7-4-8(14)2-3-9(7)11/h2-4,13-14H,5-6H2,1H3,(H,12,15). The molecule has 0 aliphatic rings. The fourth-order valence-electron chi connectivity index (χ4n) is 1.10. The third-order valence-corrected chi connectivity index (χ3v) is 2.68. The zero-order chi connectivity index (χ0) is 11.3. The molecule has 0 atom stereocenters. The number of phenolic OH excluding ortho intramolecular Hbond substituents is 1. The number of hydrogen-bond donors (Lipinski definition) is 3. The average Bonchev–Trinajstić information content (AvgIpc) is 2.23. The van der Waals surface area contributed by atoms with Gasteiger partial charge in [0.1, 0.15) is 5.75 Å². The Kier molecular flexibility index (Phi) is 4.58. The number of hydrogen-bond acceptors (Lipinski definition) is 3. The molecule has 0 unspecified atom stereocenters. The van der Waals surface area contributed by atoms with Gasteiger partial charge in [0.05, 0.1) is 6.54 Å². The maximum absolute atomic E-state index is 10.9. The van der Waals surface area contributed by atoms with Crippen LogP contribution in [0.25, 0.3) is 0 Å². The van der Waals surface area contributed by atoms with Gasteiger partial charge in [0, 0.05) is 18.1 Å². The Morgan fingerprint density at radius 1 is 1.53 bits per heavy atom. The first-order chi connectivity index (χ1) is 7.13. The minimum atomic E-state index is -0.0636. The van der Waals surface area contributed by atoms with E-state index in [1.807, 2.05) is 0 Å². The first kappa shape index (κ1) is 12.0. The second-order valence-electron chi connectivity index (χ2n) is 3.05. The molecule has 1 aromatic rings. The summed E-state index contributed by atoms with van der Waals surface area (Å²) in [6, 6.07) is 5.03. The molecule has 5 heteroatoms. The predicted molar refractivity (Wildman–Crippen MR) is 61.6 cm³/mol. The van der Waals surface area contributed by atoms with Gasteiger partial charge in [-0.05, 0) is 23.8 Å². The number of likely N-dealkylation sites (N-methyl/N-ethyl adjacent to an activating group) is 1. The highest BCUT2D eigenvalue weighted by Gasteiger charge is 2.02. The van der Waals surface area contributed by atoms with Crippen LogP contribution in [0.5, 0.6) is 5.75 Å². The van der Waals surface area contributed by atoms with Crippen LogP contribution >= 0.6 is 15.9 Å². The Bertz CT molecular complexity index is 355. The number of benzene rings is 1. The van der Waals surface area contributed by atoms with E-state index < -0.39 is 0 Å². The molecule has 1 amide bonds. The summed E-state index contributed by atoms with van der Waals surface area (Å²) in [6.45, 7) is 0.793. The molecule has 82 valence electrons. The van der Waals surface area contributed by atoms with Gasteiger partial charge in [0.2, 0.25) is 5.91 Å². The van der Waals surface area contributed by atoms with E-state index in [9.17, 15) is 9.90 Å². The first-order valence-electron chi connectivity index (χ1n) is 4.52. The van der Waals surface area contributed by atoms with Gasteiger partial charge in [0.25, 0.3) is 0 Å². The zero-order valence-electron chi connectivity index (χ0n) is 8.38. The van der Waals surface area contributed by atoms with Crippen LogP contribution in [0.4, 0.5) is 0 Å². The van der Waals surface area contributed by atoms with Crippen LogP contribution in [0.1, 0.15) is 5.56 Å². The first-order valence-corrected chi connectivity index (χ1v) is 5.31. The molecule has 0 heterocycles. The Hall–Kier alpha value is -1.07.